The van der Waals surface area contributed by atoms with Crippen molar-refractivity contribution in [2.45, 2.75) is 32.8 Å². The highest BCUT2D eigenvalue weighted by Gasteiger charge is 2.24. The molecular weight excluding hydrogens is 274 g/mol. The van der Waals surface area contributed by atoms with Crippen molar-refractivity contribution >= 4 is 15.6 Å². The van der Waals surface area contributed by atoms with Gasteiger partial charge >= 0.3 is 15.6 Å². The second-order valence-electron chi connectivity index (χ2n) is 3.84. The van der Waals surface area contributed by atoms with E-state index in [1.54, 1.807) is 13.8 Å². The number of hydrogen-bond donors (Lipinski definition) is 4. The number of rotatable bonds is 8. The fourth-order valence-corrected chi connectivity index (χ4v) is 2.22. The van der Waals surface area contributed by atoms with Gasteiger partial charge in [-0.15, -0.1) is 0 Å². The number of phosphoric ester groups is 2. The molecule has 0 fully saturated rings. The van der Waals surface area contributed by atoms with Crippen molar-refractivity contribution in [2.24, 2.45) is 5.92 Å². The zero-order chi connectivity index (χ0) is 13.7. The van der Waals surface area contributed by atoms with Crippen LogP contribution in [0.4, 0.5) is 0 Å². The molecule has 0 bridgehead atoms. The van der Waals surface area contributed by atoms with Gasteiger partial charge in [0.25, 0.3) is 0 Å². The van der Waals surface area contributed by atoms with E-state index in [2.05, 4.69) is 9.05 Å². The van der Waals surface area contributed by atoms with E-state index in [9.17, 15) is 9.13 Å². The van der Waals surface area contributed by atoms with Gasteiger partial charge in [0.05, 0.1) is 12.7 Å². The van der Waals surface area contributed by atoms with Crippen molar-refractivity contribution in [3.63, 3.8) is 0 Å². The average Bonchev–Trinajstić information content (AvgIpc) is 2.06. The van der Waals surface area contributed by atoms with Crippen LogP contribution >= 0.6 is 15.6 Å². The van der Waals surface area contributed by atoms with Crippen LogP contribution in [0.15, 0.2) is 0 Å². The Morgan fingerprint density at radius 3 is 1.94 bits per heavy atom. The topological polar surface area (TPSA) is 134 Å². The molecule has 104 valence electrons. The van der Waals surface area contributed by atoms with Gasteiger partial charge in [-0.1, -0.05) is 13.8 Å². The second-order valence-corrected chi connectivity index (χ2v) is 6.28. The van der Waals surface area contributed by atoms with Crippen molar-refractivity contribution in [3.8, 4) is 0 Å². The Hall–Kier alpha value is 0.220. The molecule has 0 rings (SSSR count). The monoisotopic (exact) mass is 292 g/mol. The van der Waals surface area contributed by atoms with Crippen LogP contribution in [0.5, 0.6) is 0 Å². The Bertz CT molecular complexity index is 305. The summed E-state index contributed by atoms with van der Waals surface area (Å²) in [6.07, 6.45) is -0.215. The second kappa shape index (κ2) is 6.97. The highest BCUT2D eigenvalue weighted by molar-refractivity contribution is 7.46. The predicted molar refractivity (Wildman–Crippen MR) is 59.0 cm³/mol. The van der Waals surface area contributed by atoms with Gasteiger partial charge in [-0.05, 0) is 18.8 Å². The minimum atomic E-state index is -4.55. The summed E-state index contributed by atoms with van der Waals surface area (Å²) in [5, 5.41) is 0. The summed E-state index contributed by atoms with van der Waals surface area (Å²) in [6, 6.07) is 0. The molecule has 0 heterocycles. The lowest BCUT2D eigenvalue weighted by molar-refractivity contribution is 0.0855. The van der Waals surface area contributed by atoms with Gasteiger partial charge in [-0.3, -0.25) is 9.05 Å². The third-order valence-corrected chi connectivity index (χ3v) is 2.97. The highest BCUT2D eigenvalue weighted by atomic mass is 31.2. The fraction of sp³-hybridized carbons (Fsp3) is 1.00. The van der Waals surface area contributed by atoms with E-state index in [1.807, 2.05) is 0 Å². The Balaban J connectivity index is 4.03. The molecule has 0 saturated heterocycles. The Morgan fingerprint density at radius 1 is 1.06 bits per heavy atom. The molecule has 0 aromatic carbocycles. The summed E-state index contributed by atoms with van der Waals surface area (Å²) in [6.45, 7) is 3.26. The minimum Gasteiger partial charge on any atom is -0.303 e. The Labute approximate surface area is 99.4 Å². The minimum absolute atomic E-state index is 0.127. The smallest absolute Gasteiger partial charge is 0.303 e. The quantitative estimate of drug-likeness (QED) is 0.384. The molecule has 0 spiro atoms. The number of phosphoric acid groups is 2. The third kappa shape index (κ3) is 11.1. The lowest BCUT2D eigenvalue weighted by Gasteiger charge is -2.21. The van der Waals surface area contributed by atoms with E-state index in [1.165, 1.54) is 0 Å². The van der Waals surface area contributed by atoms with Gasteiger partial charge < -0.3 is 19.6 Å². The lowest BCUT2D eigenvalue weighted by atomic mass is 10.0. The number of hydrogen-bond acceptors (Lipinski definition) is 4. The van der Waals surface area contributed by atoms with E-state index in [-0.39, 0.29) is 25.4 Å². The molecule has 0 aliphatic heterocycles. The largest absolute Gasteiger partial charge is 0.469 e. The molecule has 4 N–H and O–H groups in total. The Kier molecular flexibility index (Phi) is 7.06. The van der Waals surface area contributed by atoms with Gasteiger partial charge in [0, 0.05) is 0 Å². The summed E-state index contributed by atoms with van der Waals surface area (Å²) in [5.74, 6) is -0.127. The maximum absolute atomic E-state index is 10.7. The van der Waals surface area contributed by atoms with Crippen molar-refractivity contribution in [3.05, 3.63) is 0 Å². The first-order valence-electron chi connectivity index (χ1n) is 4.95. The summed E-state index contributed by atoms with van der Waals surface area (Å²) in [4.78, 5) is 34.1. The molecule has 0 aromatic rings. The molecular formula is C7H18O8P2. The summed E-state index contributed by atoms with van der Waals surface area (Å²) in [7, 11) is -9.04. The van der Waals surface area contributed by atoms with Crippen LogP contribution in [0.1, 0.15) is 26.7 Å². The molecule has 10 heteroatoms. The van der Waals surface area contributed by atoms with Crippen molar-refractivity contribution in [1.82, 2.24) is 0 Å². The molecule has 0 saturated carbocycles. The molecule has 1 unspecified atom stereocenters. The zero-order valence-corrected chi connectivity index (χ0v) is 11.4. The summed E-state index contributed by atoms with van der Waals surface area (Å²) in [5.41, 5.74) is 0. The predicted octanol–water partition coefficient (Wildman–Crippen LogP) is 1.01. The first-order valence-corrected chi connectivity index (χ1v) is 8.01. The van der Waals surface area contributed by atoms with Crippen LogP contribution in [0.3, 0.4) is 0 Å². The van der Waals surface area contributed by atoms with Crippen LogP contribution in [-0.4, -0.2) is 32.3 Å². The van der Waals surface area contributed by atoms with Crippen LogP contribution < -0.4 is 0 Å². The van der Waals surface area contributed by atoms with E-state index < -0.39 is 21.7 Å². The molecule has 0 radical (unpaired) electrons. The molecule has 8 nitrogen and oxygen atoms in total. The molecule has 0 aliphatic rings. The summed E-state index contributed by atoms with van der Waals surface area (Å²) >= 11 is 0. The fourth-order valence-electron chi connectivity index (χ4n) is 1.15. The van der Waals surface area contributed by atoms with Crippen molar-refractivity contribution < 1.29 is 37.8 Å². The van der Waals surface area contributed by atoms with Crippen molar-refractivity contribution in [1.29, 1.82) is 0 Å². The molecule has 0 aliphatic carbocycles. The molecule has 0 aromatic heterocycles. The molecule has 17 heavy (non-hydrogen) atoms. The normalized spacial score (nSPS) is 15.2. The van der Waals surface area contributed by atoms with Gasteiger partial charge in [0.2, 0.25) is 0 Å². The first kappa shape index (κ1) is 17.2. The van der Waals surface area contributed by atoms with Gasteiger partial charge in [0.15, 0.2) is 0 Å². The SMILES string of the molecule is CC(C)C(CCCOP(=O)(O)O)OP(=O)(O)O. The van der Waals surface area contributed by atoms with Crippen LogP contribution in [-0.2, 0) is 18.2 Å². The molecule has 0 amide bonds. The first-order chi connectivity index (χ1) is 7.51. The van der Waals surface area contributed by atoms with E-state index >= 15 is 0 Å². The van der Waals surface area contributed by atoms with Crippen LogP contribution in [0.25, 0.3) is 0 Å². The lowest BCUT2D eigenvalue weighted by Crippen LogP contribution is -2.19. The maximum Gasteiger partial charge on any atom is 0.469 e. The summed E-state index contributed by atoms with van der Waals surface area (Å²) < 4.78 is 29.8. The van der Waals surface area contributed by atoms with Crippen molar-refractivity contribution in [2.75, 3.05) is 6.61 Å². The average molecular weight is 292 g/mol. The van der Waals surface area contributed by atoms with E-state index in [4.69, 9.17) is 19.6 Å². The zero-order valence-electron chi connectivity index (χ0n) is 9.59. The highest BCUT2D eigenvalue weighted by Crippen LogP contribution is 2.40. The van der Waals surface area contributed by atoms with Crippen LogP contribution in [0, 0.1) is 5.92 Å². The van der Waals surface area contributed by atoms with E-state index in [0.29, 0.717) is 0 Å². The van der Waals surface area contributed by atoms with Gasteiger partial charge in [-0.2, -0.15) is 0 Å². The Morgan fingerprint density at radius 2 is 1.59 bits per heavy atom. The van der Waals surface area contributed by atoms with Gasteiger partial charge in [-0.25, -0.2) is 9.13 Å². The van der Waals surface area contributed by atoms with E-state index in [0.717, 1.165) is 0 Å². The van der Waals surface area contributed by atoms with Gasteiger partial charge in [0.1, 0.15) is 0 Å². The maximum atomic E-state index is 10.7. The molecule has 1 atom stereocenters. The van der Waals surface area contributed by atoms with Crippen LogP contribution in [0.2, 0.25) is 0 Å². The third-order valence-electron chi connectivity index (χ3n) is 1.91. The standard InChI is InChI=1S/C7H18O8P2/c1-6(2)7(15-17(11,12)13)4-3-5-14-16(8,9)10/h6-7H,3-5H2,1-2H3,(H2,8,9,10)(H2,11,12,13).